The molecule has 2 N–H and O–H groups in total. The average molecular weight is 205 g/mol. The Morgan fingerprint density at radius 2 is 2.40 bits per heavy atom. The van der Waals surface area contributed by atoms with Crippen LogP contribution in [0.1, 0.15) is 12.0 Å². The summed E-state index contributed by atoms with van der Waals surface area (Å²) in [5.74, 6) is 1.19. The molecule has 0 unspecified atom stereocenters. The van der Waals surface area contributed by atoms with Crippen molar-refractivity contribution in [1.82, 2.24) is 10.3 Å². The highest BCUT2D eigenvalue weighted by atomic mass is 16.1. The van der Waals surface area contributed by atoms with Crippen molar-refractivity contribution in [3.05, 3.63) is 23.9 Å². The topological polar surface area (TPSA) is 54.0 Å². The molecule has 4 nitrogen and oxygen atoms in total. The first-order valence-corrected chi connectivity index (χ1v) is 5.17. The summed E-state index contributed by atoms with van der Waals surface area (Å²) in [4.78, 5) is 15.6. The van der Waals surface area contributed by atoms with Crippen LogP contribution in [0.25, 0.3) is 0 Å². The lowest BCUT2D eigenvalue weighted by Gasteiger charge is -2.26. The first kappa shape index (κ1) is 10.1. The maximum Gasteiger partial charge on any atom is 0.225 e. The van der Waals surface area contributed by atoms with E-state index in [4.69, 9.17) is 0 Å². The maximum absolute atomic E-state index is 11.5. The Balaban J connectivity index is 1.84. The molecule has 15 heavy (non-hydrogen) atoms. The van der Waals surface area contributed by atoms with Crippen LogP contribution < -0.4 is 10.6 Å². The second-order valence-corrected chi connectivity index (χ2v) is 4.00. The number of carbonyl (C=O) groups is 1. The van der Waals surface area contributed by atoms with Crippen molar-refractivity contribution in [1.29, 1.82) is 0 Å². The Hall–Kier alpha value is -1.42. The van der Waals surface area contributed by atoms with Crippen molar-refractivity contribution < 1.29 is 4.79 Å². The Morgan fingerprint density at radius 3 is 2.93 bits per heavy atom. The SMILES string of the molecule is Cc1ccc(NC(=O)CC2CNC2)nc1. The van der Waals surface area contributed by atoms with Crippen LogP contribution in [0.15, 0.2) is 18.3 Å². The number of rotatable bonds is 3. The van der Waals surface area contributed by atoms with E-state index in [1.54, 1.807) is 6.20 Å². The lowest BCUT2D eigenvalue weighted by molar-refractivity contribution is -0.117. The molecule has 0 radical (unpaired) electrons. The molecule has 0 aliphatic carbocycles. The first-order valence-electron chi connectivity index (χ1n) is 5.17. The van der Waals surface area contributed by atoms with Gasteiger partial charge in [0.1, 0.15) is 5.82 Å². The van der Waals surface area contributed by atoms with E-state index in [1.165, 1.54) is 0 Å². The largest absolute Gasteiger partial charge is 0.316 e. The van der Waals surface area contributed by atoms with E-state index in [0.717, 1.165) is 18.7 Å². The summed E-state index contributed by atoms with van der Waals surface area (Å²) < 4.78 is 0. The lowest BCUT2D eigenvalue weighted by atomic mass is 9.99. The Morgan fingerprint density at radius 1 is 1.60 bits per heavy atom. The third kappa shape index (κ3) is 2.76. The highest BCUT2D eigenvalue weighted by Gasteiger charge is 2.20. The minimum Gasteiger partial charge on any atom is -0.316 e. The molecule has 1 aromatic heterocycles. The zero-order chi connectivity index (χ0) is 10.7. The molecule has 1 aromatic rings. The highest BCUT2D eigenvalue weighted by Crippen LogP contribution is 2.10. The van der Waals surface area contributed by atoms with Crippen molar-refractivity contribution in [2.45, 2.75) is 13.3 Å². The normalized spacial score (nSPS) is 15.8. The lowest BCUT2D eigenvalue weighted by Crippen LogP contribution is -2.43. The van der Waals surface area contributed by atoms with Crippen molar-refractivity contribution in [2.24, 2.45) is 5.92 Å². The monoisotopic (exact) mass is 205 g/mol. The summed E-state index contributed by atoms with van der Waals surface area (Å²) in [6.07, 6.45) is 2.34. The molecule has 1 aliphatic rings. The second kappa shape index (κ2) is 4.40. The number of aromatic nitrogens is 1. The third-order valence-electron chi connectivity index (χ3n) is 2.52. The van der Waals surface area contributed by atoms with Gasteiger partial charge in [0.15, 0.2) is 0 Å². The Labute approximate surface area is 89.1 Å². The van der Waals surface area contributed by atoms with Gasteiger partial charge in [0.2, 0.25) is 5.91 Å². The standard InChI is InChI=1S/C11H15N3O/c1-8-2-3-10(13-5-8)14-11(15)4-9-6-12-7-9/h2-3,5,9,12H,4,6-7H2,1H3,(H,13,14,15). The van der Waals surface area contributed by atoms with Crippen molar-refractivity contribution in [3.8, 4) is 0 Å². The highest BCUT2D eigenvalue weighted by molar-refractivity contribution is 5.89. The number of anilines is 1. The molecule has 0 bridgehead atoms. The molecule has 1 fully saturated rings. The van der Waals surface area contributed by atoms with Crippen LogP contribution in [0.2, 0.25) is 0 Å². The van der Waals surface area contributed by atoms with Gasteiger partial charge >= 0.3 is 0 Å². The van der Waals surface area contributed by atoms with Gasteiger partial charge in [-0.25, -0.2) is 4.98 Å². The number of amides is 1. The molecule has 1 saturated heterocycles. The molecule has 2 rings (SSSR count). The maximum atomic E-state index is 11.5. The Bertz CT molecular complexity index is 343. The minimum atomic E-state index is 0.0536. The Kier molecular flexibility index (Phi) is 2.97. The second-order valence-electron chi connectivity index (χ2n) is 4.00. The van der Waals surface area contributed by atoms with Crippen LogP contribution in [0, 0.1) is 12.8 Å². The third-order valence-corrected chi connectivity index (χ3v) is 2.52. The van der Waals surface area contributed by atoms with Crippen LogP contribution in [-0.4, -0.2) is 24.0 Å². The fourth-order valence-corrected chi connectivity index (χ4v) is 1.49. The summed E-state index contributed by atoms with van der Waals surface area (Å²) in [7, 11) is 0. The zero-order valence-corrected chi connectivity index (χ0v) is 8.79. The number of nitrogens with one attached hydrogen (secondary N) is 2. The minimum absolute atomic E-state index is 0.0536. The molecule has 0 atom stereocenters. The molecule has 4 heteroatoms. The molecule has 0 saturated carbocycles. The molecule has 0 spiro atoms. The number of pyridine rings is 1. The number of hydrogen-bond acceptors (Lipinski definition) is 3. The van der Waals surface area contributed by atoms with Gasteiger partial charge in [-0.15, -0.1) is 0 Å². The van der Waals surface area contributed by atoms with Gasteiger partial charge in [-0.1, -0.05) is 6.07 Å². The van der Waals surface area contributed by atoms with E-state index in [0.29, 0.717) is 18.2 Å². The van der Waals surface area contributed by atoms with E-state index in [2.05, 4.69) is 15.6 Å². The van der Waals surface area contributed by atoms with Crippen molar-refractivity contribution >= 4 is 11.7 Å². The molecule has 0 aromatic carbocycles. The van der Waals surface area contributed by atoms with Gasteiger partial charge in [-0.2, -0.15) is 0 Å². The predicted octanol–water partition coefficient (Wildman–Crippen LogP) is 0.938. The van der Waals surface area contributed by atoms with E-state index < -0.39 is 0 Å². The summed E-state index contributed by atoms with van der Waals surface area (Å²) in [5, 5.41) is 5.93. The van der Waals surface area contributed by atoms with Crippen LogP contribution in [-0.2, 0) is 4.79 Å². The van der Waals surface area contributed by atoms with Crippen molar-refractivity contribution in [2.75, 3.05) is 18.4 Å². The van der Waals surface area contributed by atoms with Crippen molar-refractivity contribution in [3.63, 3.8) is 0 Å². The number of hydrogen-bond donors (Lipinski definition) is 2. The molecular formula is C11H15N3O. The number of aryl methyl sites for hydroxylation is 1. The molecule has 2 heterocycles. The van der Waals surface area contributed by atoms with Crippen LogP contribution in [0.3, 0.4) is 0 Å². The average Bonchev–Trinajstić information content (AvgIpc) is 2.16. The van der Waals surface area contributed by atoms with Gasteiger partial charge in [-0.3, -0.25) is 4.79 Å². The first-order chi connectivity index (χ1) is 7.24. The van der Waals surface area contributed by atoms with E-state index in [1.807, 2.05) is 19.1 Å². The smallest absolute Gasteiger partial charge is 0.225 e. The molecule has 1 amide bonds. The summed E-state index contributed by atoms with van der Waals surface area (Å²) in [6, 6.07) is 3.76. The fraction of sp³-hybridized carbons (Fsp3) is 0.455. The molecule has 1 aliphatic heterocycles. The summed E-state index contributed by atoms with van der Waals surface area (Å²) >= 11 is 0. The van der Waals surface area contributed by atoms with Gasteiger partial charge in [0, 0.05) is 12.6 Å². The van der Waals surface area contributed by atoms with E-state index >= 15 is 0 Å². The van der Waals surface area contributed by atoms with Gasteiger partial charge in [0.25, 0.3) is 0 Å². The van der Waals surface area contributed by atoms with Crippen LogP contribution in [0.4, 0.5) is 5.82 Å². The summed E-state index contributed by atoms with van der Waals surface area (Å²) in [5.41, 5.74) is 1.09. The zero-order valence-electron chi connectivity index (χ0n) is 8.79. The molecular weight excluding hydrogens is 190 g/mol. The molecule has 80 valence electrons. The quantitative estimate of drug-likeness (QED) is 0.772. The van der Waals surface area contributed by atoms with Gasteiger partial charge in [-0.05, 0) is 37.6 Å². The summed E-state index contributed by atoms with van der Waals surface area (Å²) in [6.45, 7) is 3.88. The van der Waals surface area contributed by atoms with Gasteiger partial charge in [0.05, 0.1) is 0 Å². The number of carbonyl (C=O) groups excluding carboxylic acids is 1. The predicted molar refractivity (Wildman–Crippen MR) is 58.6 cm³/mol. The van der Waals surface area contributed by atoms with E-state index in [-0.39, 0.29) is 5.91 Å². The number of nitrogens with zero attached hydrogens (tertiary/aromatic N) is 1. The van der Waals surface area contributed by atoms with Crippen LogP contribution >= 0.6 is 0 Å². The van der Waals surface area contributed by atoms with E-state index in [9.17, 15) is 4.79 Å². The fourth-order valence-electron chi connectivity index (χ4n) is 1.49. The van der Waals surface area contributed by atoms with Crippen LogP contribution in [0.5, 0.6) is 0 Å². The van der Waals surface area contributed by atoms with Gasteiger partial charge < -0.3 is 10.6 Å².